The van der Waals surface area contributed by atoms with Gasteiger partial charge in [-0.15, -0.1) is 0 Å². The summed E-state index contributed by atoms with van der Waals surface area (Å²) in [6.45, 7) is 4.75. The van der Waals surface area contributed by atoms with E-state index in [0.717, 1.165) is 83.5 Å². The van der Waals surface area contributed by atoms with Crippen molar-refractivity contribution < 1.29 is 42.9 Å². The fourth-order valence-electron chi connectivity index (χ4n) is 8.78. The minimum atomic E-state index is -1.52. The van der Waals surface area contributed by atoms with E-state index in [9.17, 15) is 19.5 Å². The minimum absolute atomic E-state index is 0.179. The molecule has 0 spiro atoms. The molecule has 0 fully saturated rings. The Labute approximate surface area is 474 Å². The number of carbonyl (C=O) groups is 3. The highest BCUT2D eigenvalue weighted by Gasteiger charge is 2.25. The van der Waals surface area contributed by atoms with Crippen LogP contribution in [0.15, 0.2) is 85.1 Å². The van der Waals surface area contributed by atoms with E-state index in [0.29, 0.717) is 23.9 Å². The summed E-state index contributed by atoms with van der Waals surface area (Å²) in [6, 6.07) is 0. The van der Waals surface area contributed by atoms with Gasteiger partial charge in [-0.3, -0.25) is 9.59 Å². The molecule has 0 saturated heterocycles. The smallest absolute Gasteiger partial charge is 0.361 e. The van der Waals surface area contributed by atoms with Crippen molar-refractivity contribution in [2.45, 2.75) is 283 Å². The molecule has 9 heteroatoms. The number of ether oxygens (including phenoxy) is 4. The van der Waals surface area contributed by atoms with Crippen LogP contribution in [0.4, 0.5) is 0 Å². The molecule has 0 saturated carbocycles. The number of carbonyl (C=O) groups excluding carboxylic acids is 2. The molecule has 2 unspecified atom stereocenters. The fourth-order valence-corrected chi connectivity index (χ4v) is 8.78. The van der Waals surface area contributed by atoms with E-state index in [-0.39, 0.29) is 32.2 Å². The molecule has 444 valence electrons. The lowest BCUT2D eigenvalue weighted by molar-refractivity contribution is -0.870. The lowest BCUT2D eigenvalue weighted by Crippen LogP contribution is -2.40. The number of esters is 2. The molecule has 0 bridgehead atoms. The van der Waals surface area contributed by atoms with Crippen molar-refractivity contribution in [1.82, 2.24) is 0 Å². The Hall–Kier alpha value is -3.53. The van der Waals surface area contributed by atoms with Crippen LogP contribution in [0.5, 0.6) is 0 Å². The van der Waals surface area contributed by atoms with Crippen LogP contribution in [0, 0.1) is 0 Å². The monoisotopic (exact) mass is 1080 g/mol. The number of nitrogens with zero attached hydrogens (tertiary/aromatic N) is 1. The second-order valence-corrected chi connectivity index (χ2v) is 22.3. The molecule has 9 nitrogen and oxygen atoms in total. The molecule has 0 aromatic heterocycles. The van der Waals surface area contributed by atoms with Gasteiger partial charge >= 0.3 is 17.9 Å². The zero-order valence-corrected chi connectivity index (χ0v) is 50.6. The summed E-state index contributed by atoms with van der Waals surface area (Å²) in [6.07, 6.45) is 75.4. The van der Waals surface area contributed by atoms with Gasteiger partial charge in [0.1, 0.15) is 13.2 Å². The summed E-state index contributed by atoms with van der Waals surface area (Å²) >= 11 is 0. The summed E-state index contributed by atoms with van der Waals surface area (Å²) in [4.78, 5) is 37.5. The topological polar surface area (TPSA) is 108 Å². The lowest BCUT2D eigenvalue weighted by atomic mass is 10.0. The first kappa shape index (κ1) is 73.5. The van der Waals surface area contributed by atoms with Crippen molar-refractivity contribution in [2.75, 3.05) is 47.5 Å². The Balaban J connectivity index is 4.21. The SMILES string of the molecule is CC/C=C\C/C=C\C/C=C\C/C=C\C/C=C\C/C=C\CCCCCCC(=O)OC(COC(=O)CCCCCCCCCCCCCCCCCCC/C=C\CCCCCCCCCC)COC(OCC[N+](C)(C)C)C(=O)O. The third-order valence-corrected chi connectivity index (χ3v) is 13.6. The van der Waals surface area contributed by atoms with Gasteiger partial charge in [0, 0.05) is 12.8 Å². The predicted molar refractivity (Wildman–Crippen MR) is 327 cm³/mol. The van der Waals surface area contributed by atoms with Crippen LogP contribution >= 0.6 is 0 Å². The second-order valence-electron chi connectivity index (χ2n) is 22.3. The fraction of sp³-hybridized carbons (Fsp3) is 0.750. The predicted octanol–water partition coefficient (Wildman–Crippen LogP) is 19.1. The number of likely N-dealkylation sites (N-methyl/N-ethyl adjacent to an activating group) is 1. The van der Waals surface area contributed by atoms with E-state index in [1.807, 2.05) is 21.1 Å². The molecule has 0 aromatic carbocycles. The van der Waals surface area contributed by atoms with Crippen LogP contribution in [-0.4, -0.2) is 87.4 Å². The van der Waals surface area contributed by atoms with Crippen molar-refractivity contribution >= 4 is 17.9 Å². The van der Waals surface area contributed by atoms with Crippen molar-refractivity contribution in [3.63, 3.8) is 0 Å². The van der Waals surface area contributed by atoms with Crippen LogP contribution < -0.4 is 0 Å². The minimum Gasteiger partial charge on any atom is -0.477 e. The number of unbranched alkanes of at least 4 members (excludes halogenated alkanes) is 29. The van der Waals surface area contributed by atoms with Crippen LogP contribution in [0.3, 0.4) is 0 Å². The molecule has 0 aromatic rings. The summed E-state index contributed by atoms with van der Waals surface area (Å²) in [5.41, 5.74) is 0. The standard InChI is InChI=1S/C68H119NO8/c1-6-8-10-12-14-16-18-20-22-24-26-28-30-31-32-33-34-35-37-38-40-42-44-46-48-50-52-54-56-58-65(70)75-62-64(63-76-68(67(72)73)74-61-60-69(3,4)5)77-66(71)59-57-55-53-51-49-47-45-43-41-39-36-29-27-25-23-21-19-17-15-13-11-9-7-2/h9,11,15,17,21,23-24,26-27,29,39,41,45,47,64,68H,6-8,10,12-14,16,18-20,22,25,28,30-38,40,42-44,46,48-63H2,1-5H3/p+1/b11-9-,17-15-,23-21-,26-24-,29-27-,41-39-,47-45-. The molecule has 0 amide bonds. The Bertz CT molecular complexity index is 1540. The molecular formula is C68H120NO8+. The molecule has 0 rings (SSSR count). The maximum absolute atomic E-state index is 12.9. The van der Waals surface area contributed by atoms with Gasteiger partial charge in [-0.25, -0.2) is 4.79 Å². The van der Waals surface area contributed by atoms with E-state index < -0.39 is 24.3 Å². The first-order chi connectivity index (χ1) is 37.6. The molecule has 0 heterocycles. The van der Waals surface area contributed by atoms with Crippen molar-refractivity contribution in [3.05, 3.63) is 85.1 Å². The third kappa shape index (κ3) is 60.0. The zero-order chi connectivity index (χ0) is 56.2. The van der Waals surface area contributed by atoms with E-state index >= 15 is 0 Å². The van der Waals surface area contributed by atoms with Crippen LogP contribution in [0.25, 0.3) is 0 Å². The molecule has 0 radical (unpaired) electrons. The highest BCUT2D eigenvalue weighted by Crippen LogP contribution is 2.17. The van der Waals surface area contributed by atoms with Crippen LogP contribution in [0.1, 0.15) is 271 Å². The van der Waals surface area contributed by atoms with Gasteiger partial charge < -0.3 is 28.5 Å². The average Bonchev–Trinajstić information content (AvgIpc) is 3.40. The quantitative estimate of drug-likeness (QED) is 0.0211. The van der Waals surface area contributed by atoms with Gasteiger partial charge in [0.05, 0.1) is 34.4 Å². The van der Waals surface area contributed by atoms with Crippen molar-refractivity contribution in [2.24, 2.45) is 0 Å². The summed E-state index contributed by atoms with van der Waals surface area (Å²) in [5.74, 6) is -2.04. The summed E-state index contributed by atoms with van der Waals surface area (Å²) < 4.78 is 22.9. The first-order valence-electron chi connectivity index (χ1n) is 31.8. The highest BCUT2D eigenvalue weighted by molar-refractivity contribution is 5.71. The number of aliphatic carboxylic acids is 1. The van der Waals surface area contributed by atoms with E-state index in [4.69, 9.17) is 18.9 Å². The summed E-state index contributed by atoms with van der Waals surface area (Å²) in [5, 5.41) is 9.72. The highest BCUT2D eigenvalue weighted by atomic mass is 16.7. The zero-order valence-electron chi connectivity index (χ0n) is 50.6. The maximum atomic E-state index is 12.9. The molecule has 0 aliphatic heterocycles. The number of rotatable bonds is 58. The van der Waals surface area contributed by atoms with Crippen LogP contribution in [-0.2, 0) is 33.3 Å². The number of hydrogen-bond acceptors (Lipinski definition) is 7. The Kier molecular flexibility index (Phi) is 55.9. The van der Waals surface area contributed by atoms with Gasteiger partial charge in [-0.05, 0) is 89.9 Å². The van der Waals surface area contributed by atoms with E-state index in [1.165, 1.54) is 154 Å². The Morgan fingerprint density at radius 2 is 0.740 bits per heavy atom. The maximum Gasteiger partial charge on any atom is 0.361 e. The Morgan fingerprint density at radius 3 is 1.12 bits per heavy atom. The van der Waals surface area contributed by atoms with E-state index in [2.05, 4.69) is 98.9 Å². The molecule has 77 heavy (non-hydrogen) atoms. The molecule has 1 N–H and O–H groups in total. The lowest BCUT2D eigenvalue weighted by Gasteiger charge is -2.25. The van der Waals surface area contributed by atoms with E-state index in [1.54, 1.807) is 0 Å². The molecule has 0 aliphatic rings. The third-order valence-electron chi connectivity index (χ3n) is 13.6. The van der Waals surface area contributed by atoms with Crippen molar-refractivity contribution in [3.8, 4) is 0 Å². The average molecular weight is 1080 g/mol. The van der Waals surface area contributed by atoms with Gasteiger partial charge in [-0.1, -0.05) is 253 Å². The second kappa shape index (κ2) is 58.6. The first-order valence-corrected chi connectivity index (χ1v) is 31.8. The van der Waals surface area contributed by atoms with Gasteiger partial charge in [0.15, 0.2) is 6.10 Å². The van der Waals surface area contributed by atoms with Gasteiger partial charge in [0.2, 0.25) is 0 Å². The van der Waals surface area contributed by atoms with Crippen molar-refractivity contribution in [1.29, 1.82) is 0 Å². The molecule has 0 aliphatic carbocycles. The number of carboxylic acid groups (broad SMARTS) is 1. The Morgan fingerprint density at radius 1 is 0.403 bits per heavy atom. The normalized spacial score (nSPS) is 13.3. The number of quaternary nitrogens is 1. The summed E-state index contributed by atoms with van der Waals surface area (Å²) in [7, 11) is 5.96. The van der Waals surface area contributed by atoms with Crippen LogP contribution in [0.2, 0.25) is 0 Å². The number of carboxylic acids is 1. The largest absolute Gasteiger partial charge is 0.477 e. The van der Waals surface area contributed by atoms with Gasteiger partial charge in [0.25, 0.3) is 6.29 Å². The molecular weight excluding hydrogens is 959 g/mol. The molecule has 2 atom stereocenters. The number of hydrogen-bond donors (Lipinski definition) is 1. The number of allylic oxidation sites excluding steroid dienone is 14. The van der Waals surface area contributed by atoms with Gasteiger partial charge in [-0.2, -0.15) is 0 Å².